The van der Waals surface area contributed by atoms with E-state index in [4.69, 9.17) is 0 Å². The SMILES string of the molecule is O=C(CCc1ccc2ccccc2c1)NC1CCN(C(=O)C2CCCCC2)CC1. The minimum atomic E-state index is 0.121. The van der Waals surface area contributed by atoms with Crippen molar-refractivity contribution in [1.82, 2.24) is 10.2 Å². The molecule has 29 heavy (non-hydrogen) atoms. The highest BCUT2D eigenvalue weighted by molar-refractivity contribution is 5.83. The zero-order valence-corrected chi connectivity index (χ0v) is 17.2. The van der Waals surface area contributed by atoms with Gasteiger partial charge >= 0.3 is 0 Å². The number of carbonyl (C=O) groups is 2. The van der Waals surface area contributed by atoms with Crippen LogP contribution in [0.4, 0.5) is 0 Å². The van der Waals surface area contributed by atoms with E-state index in [0.29, 0.717) is 12.3 Å². The van der Waals surface area contributed by atoms with Gasteiger partial charge in [0.25, 0.3) is 0 Å². The van der Waals surface area contributed by atoms with Crippen LogP contribution in [0.5, 0.6) is 0 Å². The van der Waals surface area contributed by atoms with Crippen LogP contribution in [-0.2, 0) is 16.0 Å². The molecule has 0 atom stereocenters. The zero-order valence-electron chi connectivity index (χ0n) is 17.2. The molecule has 0 radical (unpaired) electrons. The van der Waals surface area contributed by atoms with Gasteiger partial charge in [0, 0.05) is 31.5 Å². The molecule has 154 valence electrons. The van der Waals surface area contributed by atoms with E-state index in [-0.39, 0.29) is 17.9 Å². The standard InChI is InChI=1S/C25H32N2O2/c28-24(13-11-19-10-12-20-6-4-5-9-22(20)18-19)26-23-14-16-27(17-15-23)25(29)21-7-2-1-3-8-21/h4-6,9-10,12,18,21,23H,1-3,7-8,11,13-17H2,(H,26,28). The molecule has 4 rings (SSSR count). The van der Waals surface area contributed by atoms with Crippen molar-refractivity contribution in [3.05, 3.63) is 48.0 Å². The van der Waals surface area contributed by atoms with E-state index in [2.05, 4.69) is 35.6 Å². The van der Waals surface area contributed by atoms with Gasteiger partial charge in [-0.1, -0.05) is 61.7 Å². The Morgan fingerprint density at radius 3 is 2.38 bits per heavy atom. The number of hydrogen-bond acceptors (Lipinski definition) is 2. The van der Waals surface area contributed by atoms with Crippen molar-refractivity contribution in [2.75, 3.05) is 13.1 Å². The van der Waals surface area contributed by atoms with Crippen LogP contribution in [0, 0.1) is 5.92 Å². The zero-order chi connectivity index (χ0) is 20.1. The molecule has 1 N–H and O–H groups in total. The summed E-state index contributed by atoms with van der Waals surface area (Å²) in [5, 5.41) is 5.64. The lowest BCUT2D eigenvalue weighted by atomic mass is 9.87. The molecule has 4 nitrogen and oxygen atoms in total. The molecule has 0 aromatic heterocycles. The number of nitrogens with zero attached hydrogens (tertiary/aromatic N) is 1. The number of amides is 2. The maximum atomic E-state index is 12.7. The Morgan fingerprint density at radius 2 is 1.62 bits per heavy atom. The van der Waals surface area contributed by atoms with E-state index in [1.807, 2.05) is 17.0 Å². The third-order valence-corrected chi connectivity index (χ3v) is 6.58. The highest BCUT2D eigenvalue weighted by Gasteiger charge is 2.29. The molecule has 1 aliphatic carbocycles. The molecule has 1 aliphatic heterocycles. The van der Waals surface area contributed by atoms with Gasteiger partial charge in [0.15, 0.2) is 0 Å². The second-order valence-corrected chi connectivity index (χ2v) is 8.68. The largest absolute Gasteiger partial charge is 0.353 e. The van der Waals surface area contributed by atoms with Gasteiger partial charge in [-0.2, -0.15) is 0 Å². The summed E-state index contributed by atoms with van der Waals surface area (Å²) >= 11 is 0. The maximum Gasteiger partial charge on any atom is 0.225 e. The fourth-order valence-electron chi connectivity index (χ4n) is 4.80. The van der Waals surface area contributed by atoms with Crippen molar-refractivity contribution in [2.45, 2.75) is 63.8 Å². The molecule has 2 amide bonds. The molecular formula is C25H32N2O2. The summed E-state index contributed by atoms with van der Waals surface area (Å²) in [6.07, 6.45) is 8.81. The Balaban J connectivity index is 1.20. The van der Waals surface area contributed by atoms with Gasteiger partial charge < -0.3 is 10.2 Å². The van der Waals surface area contributed by atoms with Gasteiger partial charge in [-0.05, 0) is 48.4 Å². The number of aryl methyl sites for hydroxylation is 1. The molecule has 2 aliphatic rings. The number of benzene rings is 2. The van der Waals surface area contributed by atoms with Crippen molar-refractivity contribution in [1.29, 1.82) is 0 Å². The van der Waals surface area contributed by atoms with Crippen molar-refractivity contribution >= 4 is 22.6 Å². The van der Waals surface area contributed by atoms with Crippen LogP contribution in [0.2, 0.25) is 0 Å². The molecule has 2 aromatic rings. The van der Waals surface area contributed by atoms with Gasteiger partial charge in [0.1, 0.15) is 0 Å². The summed E-state index contributed by atoms with van der Waals surface area (Å²) in [5.41, 5.74) is 1.20. The van der Waals surface area contributed by atoms with Crippen LogP contribution in [0.1, 0.15) is 56.9 Å². The van der Waals surface area contributed by atoms with Crippen molar-refractivity contribution in [2.24, 2.45) is 5.92 Å². The van der Waals surface area contributed by atoms with Crippen molar-refractivity contribution < 1.29 is 9.59 Å². The van der Waals surface area contributed by atoms with Crippen LogP contribution >= 0.6 is 0 Å². The molecule has 4 heteroatoms. The van der Waals surface area contributed by atoms with E-state index in [1.165, 1.54) is 35.6 Å². The third-order valence-electron chi connectivity index (χ3n) is 6.58. The fraction of sp³-hybridized carbons (Fsp3) is 0.520. The highest BCUT2D eigenvalue weighted by Crippen LogP contribution is 2.26. The number of rotatable bonds is 5. The Bertz CT molecular complexity index is 849. The Hall–Kier alpha value is -2.36. The van der Waals surface area contributed by atoms with Crippen LogP contribution in [0.15, 0.2) is 42.5 Å². The first-order valence-electron chi connectivity index (χ1n) is 11.2. The molecule has 1 heterocycles. The van der Waals surface area contributed by atoms with Crippen molar-refractivity contribution in [3.8, 4) is 0 Å². The van der Waals surface area contributed by atoms with Crippen molar-refractivity contribution in [3.63, 3.8) is 0 Å². The van der Waals surface area contributed by atoms with Gasteiger partial charge in [-0.15, -0.1) is 0 Å². The summed E-state index contributed by atoms with van der Waals surface area (Å²) < 4.78 is 0. The lowest BCUT2D eigenvalue weighted by Gasteiger charge is -2.35. The molecule has 2 fully saturated rings. The molecule has 0 spiro atoms. The average Bonchev–Trinajstić information content (AvgIpc) is 2.78. The summed E-state index contributed by atoms with van der Waals surface area (Å²) in [6.45, 7) is 1.57. The number of nitrogens with one attached hydrogen (secondary N) is 1. The lowest BCUT2D eigenvalue weighted by molar-refractivity contribution is -0.137. The summed E-state index contributed by atoms with van der Waals surface area (Å²) in [5.74, 6) is 0.720. The second kappa shape index (κ2) is 9.43. The fourth-order valence-corrected chi connectivity index (χ4v) is 4.80. The summed E-state index contributed by atoms with van der Waals surface area (Å²) in [4.78, 5) is 27.1. The predicted octanol–water partition coefficient (Wildman–Crippen LogP) is 4.46. The molecule has 0 unspecified atom stereocenters. The number of likely N-dealkylation sites (tertiary alicyclic amines) is 1. The molecule has 0 bridgehead atoms. The van der Waals surface area contributed by atoms with E-state index >= 15 is 0 Å². The van der Waals surface area contributed by atoms with Crippen LogP contribution in [-0.4, -0.2) is 35.8 Å². The third kappa shape index (κ3) is 5.17. The van der Waals surface area contributed by atoms with Crippen LogP contribution in [0.3, 0.4) is 0 Å². The monoisotopic (exact) mass is 392 g/mol. The first kappa shape index (κ1) is 19.9. The first-order valence-corrected chi connectivity index (χ1v) is 11.2. The Labute approximate surface area is 173 Å². The van der Waals surface area contributed by atoms with E-state index < -0.39 is 0 Å². The average molecular weight is 393 g/mol. The Kier molecular flexibility index (Phi) is 6.48. The number of piperidine rings is 1. The summed E-state index contributed by atoms with van der Waals surface area (Å²) in [6, 6.07) is 14.9. The quantitative estimate of drug-likeness (QED) is 0.817. The second-order valence-electron chi connectivity index (χ2n) is 8.68. The van der Waals surface area contributed by atoms with E-state index in [1.54, 1.807) is 0 Å². The van der Waals surface area contributed by atoms with Gasteiger partial charge in [-0.25, -0.2) is 0 Å². The molecular weight excluding hydrogens is 360 g/mol. The maximum absolute atomic E-state index is 12.7. The van der Waals surface area contributed by atoms with Gasteiger partial charge in [0.05, 0.1) is 0 Å². The number of hydrogen-bond donors (Lipinski definition) is 1. The molecule has 2 aromatic carbocycles. The van der Waals surface area contributed by atoms with Gasteiger partial charge in [-0.3, -0.25) is 9.59 Å². The molecule has 1 saturated carbocycles. The topological polar surface area (TPSA) is 49.4 Å². The van der Waals surface area contributed by atoms with E-state index in [9.17, 15) is 9.59 Å². The minimum absolute atomic E-state index is 0.121. The van der Waals surface area contributed by atoms with E-state index in [0.717, 1.165) is 45.2 Å². The van der Waals surface area contributed by atoms with Crippen LogP contribution < -0.4 is 5.32 Å². The van der Waals surface area contributed by atoms with Crippen LogP contribution in [0.25, 0.3) is 10.8 Å². The number of carbonyl (C=O) groups excluding carboxylic acids is 2. The first-order chi connectivity index (χ1) is 14.2. The molecule has 1 saturated heterocycles. The predicted molar refractivity (Wildman–Crippen MR) is 117 cm³/mol. The van der Waals surface area contributed by atoms with Gasteiger partial charge in [0.2, 0.25) is 11.8 Å². The smallest absolute Gasteiger partial charge is 0.225 e. The Morgan fingerprint density at radius 1 is 0.897 bits per heavy atom. The lowest BCUT2D eigenvalue weighted by Crippen LogP contribution is -2.48. The minimum Gasteiger partial charge on any atom is -0.353 e. The highest BCUT2D eigenvalue weighted by atomic mass is 16.2. The summed E-state index contributed by atoms with van der Waals surface area (Å²) in [7, 11) is 0. The normalized spacial score (nSPS) is 18.7. The number of fused-ring (bicyclic) bond motifs is 1.